The van der Waals surface area contributed by atoms with E-state index in [0.717, 1.165) is 18.5 Å². The van der Waals surface area contributed by atoms with Gasteiger partial charge in [0.05, 0.1) is 0 Å². The zero-order chi connectivity index (χ0) is 10.6. The van der Waals surface area contributed by atoms with Crippen molar-refractivity contribution in [1.29, 1.82) is 0 Å². The van der Waals surface area contributed by atoms with Gasteiger partial charge in [-0.1, -0.05) is 24.6 Å². The molecule has 0 saturated carbocycles. The number of phenols is 1. The van der Waals surface area contributed by atoms with Gasteiger partial charge in [-0.05, 0) is 26.3 Å². The Hall–Kier alpha value is -1.02. The van der Waals surface area contributed by atoms with E-state index >= 15 is 0 Å². The van der Waals surface area contributed by atoms with Gasteiger partial charge in [0.1, 0.15) is 5.75 Å². The molecule has 1 aromatic carbocycles. The maximum atomic E-state index is 9.58. The second kappa shape index (κ2) is 5.01. The van der Waals surface area contributed by atoms with Crippen LogP contribution in [-0.4, -0.2) is 11.1 Å². The Balaban J connectivity index is 2.62. The second-order valence-electron chi connectivity index (χ2n) is 3.82. The minimum absolute atomic E-state index is 0.381. The van der Waals surface area contributed by atoms with Crippen LogP contribution in [-0.2, 0) is 6.54 Å². The van der Waals surface area contributed by atoms with Crippen LogP contribution in [0.25, 0.3) is 0 Å². The minimum Gasteiger partial charge on any atom is -0.508 e. The molecule has 0 aromatic heterocycles. The molecular weight excluding hydrogens is 174 g/mol. The van der Waals surface area contributed by atoms with Crippen molar-refractivity contribution < 1.29 is 5.11 Å². The maximum absolute atomic E-state index is 9.58. The van der Waals surface area contributed by atoms with Gasteiger partial charge in [-0.2, -0.15) is 0 Å². The summed E-state index contributed by atoms with van der Waals surface area (Å²) in [7, 11) is 0. The normalized spacial score (nSPS) is 12.8. The number of nitrogens with one attached hydrogen (secondary N) is 1. The van der Waals surface area contributed by atoms with Gasteiger partial charge in [0.2, 0.25) is 0 Å². The summed E-state index contributed by atoms with van der Waals surface area (Å²) in [4.78, 5) is 0. The maximum Gasteiger partial charge on any atom is 0.120 e. The molecule has 78 valence electrons. The largest absolute Gasteiger partial charge is 0.508 e. The zero-order valence-corrected chi connectivity index (χ0v) is 9.17. The Bertz CT molecular complexity index is 296. The van der Waals surface area contributed by atoms with E-state index in [1.54, 1.807) is 6.07 Å². The molecule has 14 heavy (non-hydrogen) atoms. The third kappa shape index (κ3) is 3.04. The topological polar surface area (TPSA) is 32.3 Å². The molecule has 1 aromatic rings. The van der Waals surface area contributed by atoms with E-state index in [4.69, 9.17) is 0 Å². The Labute approximate surface area is 86.0 Å². The van der Waals surface area contributed by atoms with Crippen LogP contribution in [0.5, 0.6) is 5.75 Å². The molecule has 0 saturated heterocycles. The van der Waals surface area contributed by atoms with Crippen LogP contribution in [0.1, 0.15) is 31.4 Å². The molecule has 0 amide bonds. The summed E-state index contributed by atoms with van der Waals surface area (Å²) in [6, 6.07) is 6.19. The summed E-state index contributed by atoms with van der Waals surface area (Å²) < 4.78 is 0. The summed E-state index contributed by atoms with van der Waals surface area (Å²) in [5, 5.41) is 12.9. The lowest BCUT2D eigenvalue weighted by Crippen LogP contribution is -2.24. The Morgan fingerprint density at radius 2 is 2.14 bits per heavy atom. The predicted octanol–water partition coefficient (Wildman–Crippen LogP) is 2.59. The molecule has 0 aliphatic heterocycles. The molecule has 1 atom stereocenters. The van der Waals surface area contributed by atoms with E-state index in [1.165, 1.54) is 5.56 Å². The first kappa shape index (κ1) is 11.1. The Morgan fingerprint density at radius 3 is 2.79 bits per heavy atom. The lowest BCUT2D eigenvalue weighted by molar-refractivity contribution is 0.457. The lowest BCUT2D eigenvalue weighted by atomic mass is 10.1. The summed E-state index contributed by atoms with van der Waals surface area (Å²) in [5.41, 5.74) is 2.16. The molecule has 2 heteroatoms. The molecule has 0 aliphatic carbocycles. The summed E-state index contributed by atoms with van der Waals surface area (Å²) >= 11 is 0. The standard InChI is InChI=1S/C12H19NO/c1-4-10(3)13-8-11-7-9(2)5-6-12(11)14/h5-7,10,13-14H,4,8H2,1-3H3/t10-/m0/s1. The van der Waals surface area contributed by atoms with Crippen LogP contribution in [0.4, 0.5) is 0 Å². The van der Waals surface area contributed by atoms with E-state index < -0.39 is 0 Å². The van der Waals surface area contributed by atoms with Crippen molar-refractivity contribution in [2.45, 2.75) is 39.8 Å². The third-order valence-corrected chi connectivity index (χ3v) is 2.49. The summed E-state index contributed by atoms with van der Waals surface area (Å²) in [6.45, 7) is 7.06. The minimum atomic E-state index is 0.381. The highest BCUT2D eigenvalue weighted by Crippen LogP contribution is 2.17. The highest BCUT2D eigenvalue weighted by molar-refractivity contribution is 5.35. The first-order valence-corrected chi connectivity index (χ1v) is 5.15. The summed E-state index contributed by atoms with van der Waals surface area (Å²) in [5.74, 6) is 0.381. The highest BCUT2D eigenvalue weighted by atomic mass is 16.3. The van der Waals surface area contributed by atoms with Crippen molar-refractivity contribution in [3.63, 3.8) is 0 Å². The van der Waals surface area contributed by atoms with Crippen LogP contribution in [0.2, 0.25) is 0 Å². The van der Waals surface area contributed by atoms with Crippen molar-refractivity contribution >= 4 is 0 Å². The van der Waals surface area contributed by atoms with Gasteiger partial charge >= 0.3 is 0 Å². The first-order chi connectivity index (χ1) is 6.63. The van der Waals surface area contributed by atoms with E-state index in [-0.39, 0.29) is 0 Å². The van der Waals surface area contributed by atoms with Crippen molar-refractivity contribution in [3.8, 4) is 5.75 Å². The van der Waals surface area contributed by atoms with E-state index in [1.807, 2.05) is 19.1 Å². The average Bonchev–Trinajstić information content (AvgIpc) is 2.19. The number of hydrogen-bond acceptors (Lipinski definition) is 2. The van der Waals surface area contributed by atoms with E-state index in [0.29, 0.717) is 11.8 Å². The molecule has 0 heterocycles. The number of benzene rings is 1. The highest BCUT2D eigenvalue weighted by Gasteiger charge is 2.02. The predicted molar refractivity (Wildman–Crippen MR) is 59.4 cm³/mol. The SMILES string of the molecule is CC[C@H](C)NCc1cc(C)ccc1O. The van der Waals surface area contributed by atoms with Crippen molar-refractivity contribution in [3.05, 3.63) is 29.3 Å². The lowest BCUT2D eigenvalue weighted by Gasteiger charge is -2.12. The Kier molecular flexibility index (Phi) is 3.96. The number of rotatable bonds is 4. The van der Waals surface area contributed by atoms with Gasteiger partial charge in [-0.3, -0.25) is 0 Å². The number of aryl methyl sites for hydroxylation is 1. The third-order valence-electron chi connectivity index (χ3n) is 2.49. The number of phenolic OH excluding ortho intramolecular Hbond substituents is 1. The van der Waals surface area contributed by atoms with E-state index in [9.17, 15) is 5.11 Å². The molecule has 2 nitrogen and oxygen atoms in total. The molecule has 1 rings (SSSR count). The van der Waals surface area contributed by atoms with Gasteiger partial charge < -0.3 is 10.4 Å². The Morgan fingerprint density at radius 1 is 1.43 bits per heavy atom. The molecule has 0 aliphatic rings. The van der Waals surface area contributed by atoms with Gasteiger partial charge in [-0.25, -0.2) is 0 Å². The monoisotopic (exact) mass is 193 g/mol. The van der Waals surface area contributed by atoms with Crippen molar-refractivity contribution in [2.24, 2.45) is 0 Å². The average molecular weight is 193 g/mol. The molecular formula is C12H19NO. The van der Waals surface area contributed by atoms with Gasteiger partial charge in [0.15, 0.2) is 0 Å². The smallest absolute Gasteiger partial charge is 0.120 e. The molecule has 0 unspecified atom stereocenters. The molecule has 2 N–H and O–H groups in total. The number of aromatic hydroxyl groups is 1. The second-order valence-corrected chi connectivity index (χ2v) is 3.82. The fraction of sp³-hybridized carbons (Fsp3) is 0.500. The van der Waals surface area contributed by atoms with Crippen LogP contribution in [0, 0.1) is 6.92 Å². The molecule has 0 spiro atoms. The fourth-order valence-corrected chi connectivity index (χ4v) is 1.28. The van der Waals surface area contributed by atoms with Crippen molar-refractivity contribution in [1.82, 2.24) is 5.32 Å². The fourth-order valence-electron chi connectivity index (χ4n) is 1.28. The molecule has 0 fully saturated rings. The molecule has 0 bridgehead atoms. The van der Waals surface area contributed by atoms with Gasteiger partial charge in [0, 0.05) is 18.2 Å². The van der Waals surface area contributed by atoms with Gasteiger partial charge in [-0.15, -0.1) is 0 Å². The van der Waals surface area contributed by atoms with Crippen LogP contribution >= 0.6 is 0 Å². The first-order valence-electron chi connectivity index (χ1n) is 5.15. The number of hydrogen-bond donors (Lipinski definition) is 2. The van der Waals surface area contributed by atoms with Crippen LogP contribution < -0.4 is 5.32 Å². The van der Waals surface area contributed by atoms with Crippen LogP contribution in [0.3, 0.4) is 0 Å². The van der Waals surface area contributed by atoms with Crippen molar-refractivity contribution in [2.75, 3.05) is 0 Å². The van der Waals surface area contributed by atoms with Crippen LogP contribution in [0.15, 0.2) is 18.2 Å². The van der Waals surface area contributed by atoms with E-state index in [2.05, 4.69) is 19.2 Å². The van der Waals surface area contributed by atoms with Gasteiger partial charge in [0.25, 0.3) is 0 Å². The quantitative estimate of drug-likeness (QED) is 0.770. The zero-order valence-electron chi connectivity index (χ0n) is 9.17. The summed E-state index contributed by atoms with van der Waals surface area (Å²) in [6.07, 6.45) is 1.10. The molecule has 0 radical (unpaired) electrons.